The first-order valence-electron chi connectivity index (χ1n) is 9.88. The number of nitrogens with zero attached hydrogens (tertiary/aromatic N) is 2. The van der Waals surface area contributed by atoms with E-state index in [4.69, 9.17) is 9.47 Å². The van der Waals surface area contributed by atoms with Gasteiger partial charge < -0.3 is 9.47 Å². The van der Waals surface area contributed by atoms with Gasteiger partial charge in [-0.1, -0.05) is 54.1 Å². The van der Waals surface area contributed by atoms with Crippen LogP contribution in [0.2, 0.25) is 0 Å². The average molecular weight is 430 g/mol. The zero-order chi connectivity index (χ0) is 21.5. The van der Waals surface area contributed by atoms with Crippen molar-refractivity contribution in [1.82, 2.24) is 4.98 Å². The first-order chi connectivity index (χ1) is 15.2. The van der Waals surface area contributed by atoms with Gasteiger partial charge in [0.15, 0.2) is 0 Å². The minimum absolute atomic E-state index is 0.509. The fourth-order valence-corrected chi connectivity index (χ4v) is 3.63. The van der Waals surface area contributed by atoms with Crippen LogP contribution in [0.3, 0.4) is 0 Å². The van der Waals surface area contributed by atoms with Crippen LogP contribution in [-0.4, -0.2) is 18.3 Å². The molecule has 0 saturated carbocycles. The van der Waals surface area contributed by atoms with Gasteiger partial charge >= 0.3 is 0 Å². The van der Waals surface area contributed by atoms with Gasteiger partial charge in [0, 0.05) is 16.5 Å². The van der Waals surface area contributed by atoms with Crippen molar-refractivity contribution < 1.29 is 9.47 Å². The Labute approximate surface area is 186 Å². The predicted molar refractivity (Wildman–Crippen MR) is 127 cm³/mol. The number of methoxy groups -OCH3 is 1. The smallest absolute Gasteiger partial charge is 0.203 e. The molecule has 0 aliphatic rings. The summed E-state index contributed by atoms with van der Waals surface area (Å²) in [6, 6.07) is 24.0. The highest BCUT2D eigenvalue weighted by Crippen LogP contribution is 2.27. The monoisotopic (exact) mass is 429 g/mol. The third-order valence-electron chi connectivity index (χ3n) is 4.67. The molecule has 0 bridgehead atoms. The second-order valence-electron chi connectivity index (χ2n) is 6.95. The van der Waals surface area contributed by atoms with Gasteiger partial charge in [-0.2, -0.15) is 5.10 Å². The molecule has 0 spiro atoms. The van der Waals surface area contributed by atoms with Gasteiger partial charge in [-0.15, -0.1) is 11.3 Å². The van der Waals surface area contributed by atoms with E-state index in [2.05, 4.69) is 46.7 Å². The molecule has 4 rings (SSSR count). The van der Waals surface area contributed by atoms with Crippen molar-refractivity contribution in [1.29, 1.82) is 0 Å². The van der Waals surface area contributed by atoms with Crippen LogP contribution in [0.4, 0.5) is 5.13 Å². The molecule has 6 heteroatoms. The molecule has 4 aromatic rings. The van der Waals surface area contributed by atoms with Crippen molar-refractivity contribution in [3.63, 3.8) is 0 Å². The minimum Gasteiger partial charge on any atom is -0.497 e. The Morgan fingerprint density at radius 1 is 1.03 bits per heavy atom. The average Bonchev–Trinajstić information content (AvgIpc) is 3.28. The van der Waals surface area contributed by atoms with E-state index < -0.39 is 0 Å². The van der Waals surface area contributed by atoms with Crippen LogP contribution in [0, 0.1) is 6.92 Å². The maximum atomic E-state index is 6.01. The number of rotatable bonds is 8. The molecule has 1 aromatic heterocycles. The molecule has 0 atom stereocenters. The second kappa shape index (κ2) is 9.91. The van der Waals surface area contributed by atoms with E-state index >= 15 is 0 Å². The van der Waals surface area contributed by atoms with E-state index in [0.717, 1.165) is 33.9 Å². The van der Waals surface area contributed by atoms with Crippen LogP contribution >= 0.6 is 11.3 Å². The standard InChI is InChI=1S/C25H23N3O2S/c1-18-10-12-19(13-11-18)16-30-24-9-4-3-6-21(24)15-26-28-25-27-23(17-31-25)20-7-5-8-22(14-20)29-2/h3-15,17H,16H2,1-2H3,(H,27,28)/b26-15-. The number of anilines is 1. The number of hydrazone groups is 1. The molecular weight excluding hydrogens is 406 g/mol. The zero-order valence-electron chi connectivity index (χ0n) is 17.4. The van der Waals surface area contributed by atoms with Crippen molar-refractivity contribution in [3.8, 4) is 22.8 Å². The van der Waals surface area contributed by atoms with E-state index in [1.165, 1.54) is 16.9 Å². The molecule has 1 heterocycles. The maximum Gasteiger partial charge on any atom is 0.203 e. The summed E-state index contributed by atoms with van der Waals surface area (Å²) in [6.07, 6.45) is 1.75. The summed E-state index contributed by atoms with van der Waals surface area (Å²) in [5.41, 5.74) is 8.15. The van der Waals surface area contributed by atoms with E-state index in [9.17, 15) is 0 Å². The molecule has 0 saturated heterocycles. The number of thiazole rings is 1. The lowest BCUT2D eigenvalue weighted by Crippen LogP contribution is -1.99. The Morgan fingerprint density at radius 2 is 1.87 bits per heavy atom. The SMILES string of the molecule is COc1cccc(-c2csc(N/N=C\c3ccccc3OCc3ccc(C)cc3)n2)c1. The Morgan fingerprint density at radius 3 is 2.71 bits per heavy atom. The number of nitrogens with one attached hydrogen (secondary N) is 1. The lowest BCUT2D eigenvalue weighted by atomic mass is 10.1. The Kier molecular flexibility index (Phi) is 6.59. The van der Waals surface area contributed by atoms with Gasteiger partial charge in [-0.25, -0.2) is 4.98 Å². The fraction of sp³-hybridized carbons (Fsp3) is 0.120. The van der Waals surface area contributed by atoms with Gasteiger partial charge in [-0.05, 0) is 36.8 Å². The van der Waals surface area contributed by atoms with Gasteiger partial charge in [-0.3, -0.25) is 5.43 Å². The number of benzene rings is 3. The summed E-state index contributed by atoms with van der Waals surface area (Å²) in [5, 5.41) is 7.05. The zero-order valence-corrected chi connectivity index (χ0v) is 18.2. The molecule has 156 valence electrons. The van der Waals surface area contributed by atoms with Crippen LogP contribution in [0.25, 0.3) is 11.3 Å². The number of para-hydroxylation sites is 1. The van der Waals surface area contributed by atoms with E-state index in [-0.39, 0.29) is 0 Å². The summed E-state index contributed by atoms with van der Waals surface area (Å²) in [4.78, 5) is 4.60. The lowest BCUT2D eigenvalue weighted by Gasteiger charge is -2.09. The Bertz CT molecular complexity index is 1170. The summed E-state index contributed by atoms with van der Waals surface area (Å²) in [6.45, 7) is 2.58. The third-order valence-corrected chi connectivity index (χ3v) is 5.41. The number of aromatic nitrogens is 1. The van der Waals surface area contributed by atoms with Crippen LogP contribution in [0.5, 0.6) is 11.5 Å². The molecule has 3 aromatic carbocycles. The predicted octanol–water partition coefficient (Wildman–Crippen LogP) is 6.15. The molecule has 0 radical (unpaired) electrons. The van der Waals surface area contributed by atoms with Gasteiger partial charge in [0.2, 0.25) is 5.13 Å². The molecule has 0 aliphatic carbocycles. The maximum absolute atomic E-state index is 6.01. The van der Waals surface area contributed by atoms with Crippen molar-refractivity contribution in [2.24, 2.45) is 5.10 Å². The first-order valence-corrected chi connectivity index (χ1v) is 10.8. The van der Waals surface area contributed by atoms with Crippen LogP contribution in [0.1, 0.15) is 16.7 Å². The number of aryl methyl sites for hydroxylation is 1. The number of hydrogen-bond acceptors (Lipinski definition) is 6. The molecular formula is C25H23N3O2S. The fourth-order valence-electron chi connectivity index (χ4n) is 2.96. The third kappa shape index (κ3) is 5.49. The Balaban J connectivity index is 1.40. The van der Waals surface area contributed by atoms with Crippen molar-refractivity contribution in [2.75, 3.05) is 12.5 Å². The van der Waals surface area contributed by atoms with Gasteiger partial charge in [0.05, 0.1) is 19.0 Å². The topological polar surface area (TPSA) is 55.7 Å². The quantitative estimate of drug-likeness (QED) is 0.269. The summed E-state index contributed by atoms with van der Waals surface area (Å²) in [7, 11) is 1.66. The van der Waals surface area contributed by atoms with Gasteiger partial charge in [0.1, 0.15) is 18.1 Å². The summed E-state index contributed by atoms with van der Waals surface area (Å²) in [5.74, 6) is 1.59. The minimum atomic E-state index is 0.509. The second-order valence-corrected chi connectivity index (χ2v) is 7.81. The molecule has 1 N–H and O–H groups in total. The van der Waals surface area contributed by atoms with E-state index in [1.807, 2.05) is 53.9 Å². The molecule has 0 unspecified atom stereocenters. The lowest BCUT2D eigenvalue weighted by molar-refractivity contribution is 0.306. The molecule has 5 nitrogen and oxygen atoms in total. The van der Waals surface area contributed by atoms with Crippen LogP contribution in [-0.2, 0) is 6.61 Å². The molecule has 0 aliphatic heterocycles. The summed E-state index contributed by atoms with van der Waals surface area (Å²) >= 11 is 1.50. The Hall–Kier alpha value is -3.64. The molecule has 31 heavy (non-hydrogen) atoms. The van der Waals surface area contributed by atoms with E-state index in [0.29, 0.717) is 11.7 Å². The van der Waals surface area contributed by atoms with Crippen LogP contribution < -0.4 is 14.9 Å². The summed E-state index contributed by atoms with van der Waals surface area (Å²) < 4.78 is 11.3. The van der Waals surface area contributed by atoms with Crippen molar-refractivity contribution >= 4 is 22.7 Å². The highest BCUT2D eigenvalue weighted by molar-refractivity contribution is 7.14. The van der Waals surface area contributed by atoms with Crippen LogP contribution in [0.15, 0.2) is 83.3 Å². The number of ether oxygens (including phenoxy) is 2. The first kappa shape index (κ1) is 20.6. The van der Waals surface area contributed by atoms with Gasteiger partial charge in [0.25, 0.3) is 0 Å². The van der Waals surface area contributed by atoms with Crippen molar-refractivity contribution in [2.45, 2.75) is 13.5 Å². The largest absolute Gasteiger partial charge is 0.497 e. The molecule has 0 fully saturated rings. The normalized spacial score (nSPS) is 10.9. The van der Waals surface area contributed by atoms with E-state index in [1.54, 1.807) is 13.3 Å². The van der Waals surface area contributed by atoms with Crippen molar-refractivity contribution in [3.05, 3.63) is 94.9 Å². The highest BCUT2D eigenvalue weighted by Gasteiger charge is 2.06. The molecule has 0 amide bonds. The number of hydrogen-bond donors (Lipinski definition) is 1. The highest BCUT2D eigenvalue weighted by atomic mass is 32.1.